The number of fused-ring (bicyclic) bond motifs is 1. The highest BCUT2D eigenvalue weighted by molar-refractivity contribution is 6.30. The van der Waals surface area contributed by atoms with Gasteiger partial charge in [-0.25, -0.2) is 9.67 Å². The molecule has 1 aromatic carbocycles. The number of amides is 1. The maximum Gasteiger partial charge on any atom is 0.260 e. The molecule has 1 aliphatic heterocycles. The number of rotatable bonds is 4. The number of ether oxygens (including phenoxy) is 1. The van der Waals surface area contributed by atoms with Gasteiger partial charge in [-0.3, -0.25) is 4.79 Å². The highest BCUT2D eigenvalue weighted by atomic mass is 35.5. The largest absolute Gasteiger partial charge is 0.483 e. The zero-order chi connectivity index (χ0) is 19.0. The fourth-order valence-corrected chi connectivity index (χ4v) is 4.52. The van der Waals surface area contributed by atoms with E-state index in [0.29, 0.717) is 42.1 Å². The van der Waals surface area contributed by atoms with E-state index in [4.69, 9.17) is 16.3 Å². The van der Waals surface area contributed by atoms with Crippen LogP contribution in [0.25, 0.3) is 0 Å². The molecule has 2 fully saturated rings. The maximum absolute atomic E-state index is 12.6. The number of carbonyl (C=O) groups is 1. The Morgan fingerprint density at radius 2 is 2.11 bits per heavy atom. The molecule has 0 radical (unpaired) electrons. The lowest BCUT2D eigenvalue weighted by molar-refractivity contribution is -0.132. The first-order valence-corrected chi connectivity index (χ1v) is 9.58. The molecule has 8 heteroatoms. The predicted octanol–water partition coefficient (Wildman–Crippen LogP) is 2.09. The summed E-state index contributed by atoms with van der Waals surface area (Å²) < 4.78 is 7.43. The second-order valence-electron chi connectivity index (χ2n) is 7.50. The van der Waals surface area contributed by atoms with Gasteiger partial charge in [0.1, 0.15) is 18.4 Å². The van der Waals surface area contributed by atoms with Crippen LogP contribution in [0, 0.1) is 18.8 Å². The van der Waals surface area contributed by atoms with Gasteiger partial charge in [0, 0.05) is 18.1 Å². The lowest BCUT2D eigenvalue weighted by Crippen LogP contribution is -2.36. The molecule has 0 bridgehead atoms. The Labute approximate surface area is 162 Å². The summed E-state index contributed by atoms with van der Waals surface area (Å²) in [6, 6.07) is 5.28. The Hall–Kier alpha value is -2.12. The smallest absolute Gasteiger partial charge is 0.260 e. The van der Waals surface area contributed by atoms with Crippen molar-refractivity contribution >= 4 is 17.5 Å². The standard InChI is InChI=1S/C19H23ClN4O3/c1-12-4-15(20)2-3-18(12)27-9-19(26)23-7-13-5-16(24-11-21-10-22-24)17(25)6-14(13)8-23/h2-4,10-11,13-14,16-17,25H,5-9H2,1H3/t13-,14+,16-,17-/m1/s1. The third kappa shape index (κ3) is 3.80. The minimum absolute atomic E-state index is 0.0109. The number of nitrogens with zero attached hydrogens (tertiary/aromatic N) is 4. The third-order valence-electron chi connectivity index (χ3n) is 5.73. The van der Waals surface area contributed by atoms with Gasteiger partial charge < -0.3 is 14.7 Å². The van der Waals surface area contributed by atoms with Crippen LogP contribution in [0.4, 0.5) is 0 Å². The molecule has 1 N–H and O–H groups in total. The normalized spacial score (nSPS) is 27.4. The highest BCUT2D eigenvalue weighted by Crippen LogP contribution is 2.41. The molecule has 2 aliphatic rings. The van der Waals surface area contributed by atoms with Crippen molar-refractivity contribution < 1.29 is 14.6 Å². The van der Waals surface area contributed by atoms with E-state index in [1.165, 1.54) is 6.33 Å². The lowest BCUT2D eigenvalue weighted by atomic mass is 9.77. The number of aliphatic hydroxyl groups is 1. The van der Waals surface area contributed by atoms with Crippen molar-refractivity contribution in [3.63, 3.8) is 0 Å². The molecule has 1 aliphatic carbocycles. The van der Waals surface area contributed by atoms with E-state index >= 15 is 0 Å². The molecule has 1 amide bonds. The van der Waals surface area contributed by atoms with E-state index in [1.54, 1.807) is 23.1 Å². The van der Waals surface area contributed by atoms with Crippen molar-refractivity contribution in [2.45, 2.75) is 31.9 Å². The summed E-state index contributed by atoms with van der Waals surface area (Å²) in [4.78, 5) is 18.5. The first-order valence-electron chi connectivity index (χ1n) is 9.20. The summed E-state index contributed by atoms with van der Waals surface area (Å²) in [6.45, 7) is 3.29. The molecule has 1 saturated carbocycles. The SMILES string of the molecule is Cc1cc(Cl)ccc1OCC(=O)N1C[C@H]2C[C@@H](n3cncn3)[C@H](O)C[C@H]2C1. The van der Waals surface area contributed by atoms with Crippen LogP contribution in [-0.2, 0) is 4.79 Å². The second-order valence-corrected chi connectivity index (χ2v) is 7.94. The summed E-state index contributed by atoms with van der Waals surface area (Å²) in [7, 11) is 0. The van der Waals surface area contributed by atoms with Crippen LogP contribution in [0.1, 0.15) is 24.4 Å². The van der Waals surface area contributed by atoms with Gasteiger partial charge >= 0.3 is 0 Å². The molecule has 144 valence electrons. The molecule has 0 spiro atoms. The molecule has 2 heterocycles. The van der Waals surface area contributed by atoms with E-state index in [2.05, 4.69) is 10.1 Å². The zero-order valence-corrected chi connectivity index (χ0v) is 15.9. The predicted molar refractivity (Wildman–Crippen MR) is 99.5 cm³/mol. The van der Waals surface area contributed by atoms with Gasteiger partial charge in [0.05, 0.1) is 12.1 Å². The molecule has 4 rings (SSSR count). The minimum Gasteiger partial charge on any atom is -0.483 e. The first kappa shape index (κ1) is 18.3. The summed E-state index contributed by atoms with van der Waals surface area (Å²) in [6.07, 6.45) is 4.15. The van der Waals surface area contributed by atoms with Crippen molar-refractivity contribution in [1.82, 2.24) is 19.7 Å². The number of aliphatic hydroxyl groups excluding tert-OH is 1. The number of carbonyl (C=O) groups excluding carboxylic acids is 1. The number of hydrogen-bond acceptors (Lipinski definition) is 5. The fraction of sp³-hybridized carbons (Fsp3) is 0.526. The number of aryl methyl sites for hydroxylation is 1. The van der Waals surface area contributed by atoms with Gasteiger partial charge in [0.25, 0.3) is 5.91 Å². The van der Waals surface area contributed by atoms with Crippen LogP contribution in [0.2, 0.25) is 5.02 Å². The molecule has 1 aromatic heterocycles. The van der Waals surface area contributed by atoms with Crippen LogP contribution in [0.15, 0.2) is 30.9 Å². The second kappa shape index (κ2) is 7.48. The number of halogens is 1. The van der Waals surface area contributed by atoms with Gasteiger partial charge in [0.2, 0.25) is 0 Å². The number of hydrogen-bond donors (Lipinski definition) is 1. The van der Waals surface area contributed by atoms with Crippen molar-refractivity contribution in [3.8, 4) is 5.75 Å². The van der Waals surface area contributed by atoms with Crippen molar-refractivity contribution in [3.05, 3.63) is 41.4 Å². The molecule has 2 aromatic rings. The van der Waals surface area contributed by atoms with Crippen molar-refractivity contribution in [2.24, 2.45) is 11.8 Å². The Morgan fingerprint density at radius 3 is 2.81 bits per heavy atom. The number of benzene rings is 1. The highest BCUT2D eigenvalue weighted by Gasteiger charge is 2.43. The summed E-state index contributed by atoms with van der Waals surface area (Å²) in [5.41, 5.74) is 0.907. The van der Waals surface area contributed by atoms with Gasteiger partial charge in [0.15, 0.2) is 6.61 Å². The lowest BCUT2D eigenvalue weighted by Gasteiger charge is -2.34. The van der Waals surface area contributed by atoms with Gasteiger partial charge in [-0.05, 0) is 55.4 Å². The fourth-order valence-electron chi connectivity index (χ4n) is 4.29. The van der Waals surface area contributed by atoms with Crippen molar-refractivity contribution in [2.75, 3.05) is 19.7 Å². The van der Waals surface area contributed by atoms with E-state index < -0.39 is 6.10 Å². The van der Waals surface area contributed by atoms with Crippen LogP contribution in [0.3, 0.4) is 0 Å². The Morgan fingerprint density at radius 1 is 1.33 bits per heavy atom. The van der Waals surface area contributed by atoms with Gasteiger partial charge in [-0.2, -0.15) is 5.10 Å². The van der Waals surface area contributed by atoms with Crippen LogP contribution in [0.5, 0.6) is 5.75 Å². The minimum atomic E-state index is -0.462. The Bertz CT molecular complexity index is 813. The molecule has 27 heavy (non-hydrogen) atoms. The number of aromatic nitrogens is 3. The van der Waals surface area contributed by atoms with Gasteiger partial charge in [-0.15, -0.1) is 0 Å². The van der Waals surface area contributed by atoms with E-state index in [-0.39, 0.29) is 18.6 Å². The topological polar surface area (TPSA) is 80.5 Å². The maximum atomic E-state index is 12.6. The Balaban J connectivity index is 1.35. The van der Waals surface area contributed by atoms with Crippen LogP contribution < -0.4 is 4.74 Å². The average Bonchev–Trinajstić information content (AvgIpc) is 3.29. The molecule has 4 atom stereocenters. The van der Waals surface area contributed by atoms with Gasteiger partial charge in [-0.1, -0.05) is 11.6 Å². The quantitative estimate of drug-likeness (QED) is 0.864. The summed E-state index contributed by atoms with van der Waals surface area (Å²) >= 11 is 5.95. The number of likely N-dealkylation sites (tertiary alicyclic amines) is 1. The average molecular weight is 391 g/mol. The molecule has 1 saturated heterocycles. The van der Waals surface area contributed by atoms with Crippen LogP contribution >= 0.6 is 11.6 Å². The molecular formula is C19H23ClN4O3. The van der Waals surface area contributed by atoms with E-state index in [1.807, 2.05) is 17.9 Å². The summed E-state index contributed by atoms with van der Waals surface area (Å²) in [5.74, 6) is 1.33. The third-order valence-corrected chi connectivity index (χ3v) is 5.96. The van der Waals surface area contributed by atoms with E-state index in [9.17, 15) is 9.90 Å². The van der Waals surface area contributed by atoms with E-state index in [0.717, 1.165) is 12.0 Å². The molecule has 7 nitrogen and oxygen atoms in total. The zero-order valence-electron chi connectivity index (χ0n) is 15.2. The van der Waals surface area contributed by atoms with Crippen molar-refractivity contribution in [1.29, 1.82) is 0 Å². The molecule has 0 unspecified atom stereocenters. The summed E-state index contributed by atoms with van der Waals surface area (Å²) in [5, 5.41) is 15.3. The van der Waals surface area contributed by atoms with Crippen LogP contribution in [-0.4, -0.2) is 56.5 Å². The Kier molecular flexibility index (Phi) is 5.06. The monoisotopic (exact) mass is 390 g/mol. The molecular weight excluding hydrogens is 368 g/mol. The first-order chi connectivity index (χ1) is 13.0.